The number of halogens is 3. The van der Waals surface area contributed by atoms with Crippen LogP contribution < -0.4 is 11.1 Å². The van der Waals surface area contributed by atoms with E-state index in [9.17, 15) is 22.8 Å². The lowest BCUT2D eigenvalue weighted by atomic mass is 9.75. The van der Waals surface area contributed by atoms with E-state index < -0.39 is 29.0 Å². The van der Waals surface area contributed by atoms with Gasteiger partial charge < -0.3 is 16.0 Å². The number of nitrogens with zero attached hydrogens (tertiary/aromatic N) is 3. The second-order valence-electron chi connectivity index (χ2n) is 12.4. The molecule has 1 aromatic carbocycles. The monoisotopic (exact) mass is 519 g/mol. The number of carbonyl (C=O) groups is 2. The number of Topliss-reactive ketones (excluding diaryl/α,β-unsaturated/α-hetero) is 1. The molecule has 2 heterocycles. The summed E-state index contributed by atoms with van der Waals surface area (Å²) in [5.41, 5.74) is 5.04. The van der Waals surface area contributed by atoms with E-state index in [1.165, 1.54) is 16.8 Å². The van der Waals surface area contributed by atoms with E-state index in [4.69, 9.17) is 5.73 Å². The SMILES string of the molecule is CC(C)(C)CN1CCCC(Nc2cc(-n3nc(C(F)(F)F)c4c3CC(C)(C)CC4=O)ccc2C(N)=O)C1. The highest BCUT2D eigenvalue weighted by atomic mass is 19.4. The highest BCUT2D eigenvalue weighted by Gasteiger charge is 2.45. The van der Waals surface area contributed by atoms with Crippen molar-refractivity contribution in [3.8, 4) is 5.69 Å². The Hall–Kier alpha value is -2.88. The Morgan fingerprint density at radius 3 is 2.54 bits per heavy atom. The van der Waals surface area contributed by atoms with Gasteiger partial charge in [0.05, 0.1) is 22.5 Å². The zero-order valence-corrected chi connectivity index (χ0v) is 22.1. The zero-order valence-electron chi connectivity index (χ0n) is 22.1. The standard InChI is InChI=1S/C27H36F3N5O2/c1-25(2,3)15-34-10-6-7-16(14-34)32-19-11-17(8-9-18(19)24(31)37)35-20-12-26(4,5)13-21(36)22(20)23(33-35)27(28,29)30/h8-9,11,16,32H,6-7,10,12-15H2,1-5H3,(H2,31,37). The van der Waals surface area contributed by atoms with Crippen LogP contribution in [0.25, 0.3) is 5.69 Å². The number of hydrogen-bond donors (Lipinski definition) is 2. The molecule has 7 nitrogen and oxygen atoms in total. The van der Waals surface area contributed by atoms with Crippen molar-refractivity contribution in [1.82, 2.24) is 14.7 Å². The van der Waals surface area contributed by atoms with Crippen LogP contribution in [0.2, 0.25) is 0 Å². The van der Waals surface area contributed by atoms with Crippen molar-refractivity contribution in [2.75, 3.05) is 25.0 Å². The molecule has 3 N–H and O–H groups in total. The van der Waals surface area contributed by atoms with Crippen molar-refractivity contribution in [2.45, 2.75) is 72.5 Å². The van der Waals surface area contributed by atoms with E-state index in [0.29, 0.717) is 11.4 Å². The van der Waals surface area contributed by atoms with Crippen LogP contribution in [0.1, 0.15) is 86.0 Å². The molecule has 0 bridgehead atoms. The second-order valence-corrected chi connectivity index (χ2v) is 12.4. The highest BCUT2D eigenvalue weighted by Crippen LogP contribution is 2.42. The number of likely N-dealkylation sites (tertiary alicyclic amines) is 1. The second kappa shape index (κ2) is 9.45. The summed E-state index contributed by atoms with van der Waals surface area (Å²) in [7, 11) is 0. The van der Waals surface area contributed by atoms with Crippen LogP contribution in [0.3, 0.4) is 0 Å². The zero-order chi connectivity index (χ0) is 27.3. The molecule has 0 spiro atoms. The number of rotatable bonds is 5. The number of alkyl halides is 3. The van der Waals surface area contributed by atoms with Gasteiger partial charge in [0.15, 0.2) is 11.5 Å². The first-order valence-electron chi connectivity index (χ1n) is 12.7. The summed E-state index contributed by atoms with van der Waals surface area (Å²) in [4.78, 5) is 27.4. The van der Waals surface area contributed by atoms with Crippen molar-refractivity contribution in [1.29, 1.82) is 0 Å². The number of hydrogen-bond acceptors (Lipinski definition) is 5. The number of aromatic nitrogens is 2. The first-order chi connectivity index (χ1) is 17.0. The number of primary amides is 1. The molecule has 202 valence electrons. The summed E-state index contributed by atoms with van der Waals surface area (Å²) in [6, 6.07) is 4.69. The summed E-state index contributed by atoms with van der Waals surface area (Å²) < 4.78 is 42.8. The molecular weight excluding hydrogens is 483 g/mol. The Kier molecular flexibility index (Phi) is 6.94. The highest BCUT2D eigenvalue weighted by molar-refractivity contribution is 6.00. The van der Waals surface area contributed by atoms with Gasteiger partial charge in [0.1, 0.15) is 0 Å². The van der Waals surface area contributed by atoms with E-state index in [-0.39, 0.29) is 41.1 Å². The number of carbonyl (C=O) groups excluding carboxylic acids is 2. The van der Waals surface area contributed by atoms with Crippen LogP contribution >= 0.6 is 0 Å². The van der Waals surface area contributed by atoms with Crippen molar-refractivity contribution in [2.24, 2.45) is 16.6 Å². The van der Waals surface area contributed by atoms with E-state index >= 15 is 0 Å². The lowest BCUT2D eigenvalue weighted by Crippen LogP contribution is -2.45. The fraction of sp³-hybridized carbons (Fsp3) is 0.593. The predicted molar refractivity (Wildman–Crippen MR) is 136 cm³/mol. The third-order valence-corrected chi connectivity index (χ3v) is 6.89. The smallest absolute Gasteiger partial charge is 0.380 e. The van der Waals surface area contributed by atoms with Crippen molar-refractivity contribution >= 4 is 17.4 Å². The molecule has 1 aliphatic heterocycles. The van der Waals surface area contributed by atoms with Crippen LogP contribution in [0, 0.1) is 10.8 Å². The number of nitrogens with one attached hydrogen (secondary N) is 1. The lowest BCUT2D eigenvalue weighted by Gasteiger charge is -2.37. The van der Waals surface area contributed by atoms with Gasteiger partial charge in [0, 0.05) is 31.2 Å². The number of anilines is 1. The molecule has 1 fully saturated rings. The van der Waals surface area contributed by atoms with Crippen LogP contribution in [0.4, 0.5) is 18.9 Å². The number of nitrogens with two attached hydrogens (primary N) is 1. The molecule has 1 aromatic heterocycles. The van der Waals surface area contributed by atoms with Crippen molar-refractivity contribution < 1.29 is 22.8 Å². The Balaban J connectivity index is 1.74. The number of fused-ring (bicyclic) bond motifs is 1. The molecule has 0 radical (unpaired) electrons. The molecular formula is C27H36F3N5O2. The minimum absolute atomic E-state index is 0.0228. The number of piperidine rings is 1. The third kappa shape index (κ3) is 6.00. The summed E-state index contributed by atoms with van der Waals surface area (Å²) in [5.74, 6) is -1.19. The molecule has 1 amide bonds. The van der Waals surface area contributed by atoms with E-state index in [2.05, 4.69) is 36.1 Å². The normalized spacial score (nSPS) is 20.5. The Morgan fingerprint density at radius 1 is 1.22 bits per heavy atom. The molecule has 1 atom stereocenters. The molecule has 2 aliphatic rings. The maximum Gasteiger partial charge on any atom is 0.435 e. The summed E-state index contributed by atoms with van der Waals surface area (Å²) >= 11 is 0. The first kappa shape index (κ1) is 27.2. The Bertz CT molecular complexity index is 1210. The van der Waals surface area contributed by atoms with Crippen LogP contribution in [-0.4, -0.2) is 52.0 Å². The summed E-state index contributed by atoms with van der Waals surface area (Å²) in [6.07, 6.45) is -2.60. The first-order valence-corrected chi connectivity index (χ1v) is 12.7. The summed E-state index contributed by atoms with van der Waals surface area (Å²) in [5, 5.41) is 7.31. The van der Waals surface area contributed by atoms with Gasteiger partial charge in [0.25, 0.3) is 5.91 Å². The Labute approximate surface area is 215 Å². The topological polar surface area (TPSA) is 93.2 Å². The minimum Gasteiger partial charge on any atom is -0.380 e. The molecule has 0 saturated carbocycles. The molecule has 1 unspecified atom stereocenters. The van der Waals surface area contributed by atoms with Crippen LogP contribution in [0.15, 0.2) is 18.2 Å². The fourth-order valence-corrected chi connectivity index (χ4v) is 5.57. The maximum atomic E-state index is 13.9. The Morgan fingerprint density at radius 2 is 1.92 bits per heavy atom. The van der Waals surface area contributed by atoms with Gasteiger partial charge in [-0.05, 0) is 54.8 Å². The van der Waals surface area contributed by atoms with Gasteiger partial charge in [-0.25, -0.2) is 4.68 Å². The number of benzene rings is 1. The van der Waals surface area contributed by atoms with Gasteiger partial charge in [-0.3, -0.25) is 9.59 Å². The van der Waals surface area contributed by atoms with E-state index in [0.717, 1.165) is 32.5 Å². The van der Waals surface area contributed by atoms with Gasteiger partial charge in [-0.1, -0.05) is 34.6 Å². The number of ketones is 1. The minimum atomic E-state index is -4.76. The molecule has 1 saturated heterocycles. The number of amides is 1. The van der Waals surface area contributed by atoms with Gasteiger partial charge >= 0.3 is 6.18 Å². The van der Waals surface area contributed by atoms with Crippen molar-refractivity contribution in [3.05, 3.63) is 40.7 Å². The average molecular weight is 520 g/mol. The molecule has 2 aromatic rings. The quantitative estimate of drug-likeness (QED) is 0.576. The molecule has 1 aliphatic carbocycles. The molecule has 37 heavy (non-hydrogen) atoms. The van der Waals surface area contributed by atoms with Crippen LogP contribution in [-0.2, 0) is 12.6 Å². The van der Waals surface area contributed by atoms with Gasteiger partial charge in [0.2, 0.25) is 0 Å². The van der Waals surface area contributed by atoms with Gasteiger partial charge in [-0.15, -0.1) is 0 Å². The molecule has 10 heteroatoms. The lowest BCUT2D eigenvalue weighted by molar-refractivity contribution is -0.141. The summed E-state index contributed by atoms with van der Waals surface area (Å²) in [6.45, 7) is 13.0. The van der Waals surface area contributed by atoms with Crippen molar-refractivity contribution in [3.63, 3.8) is 0 Å². The van der Waals surface area contributed by atoms with Gasteiger partial charge in [-0.2, -0.15) is 18.3 Å². The predicted octanol–water partition coefficient (Wildman–Crippen LogP) is 5.07. The molecule has 4 rings (SSSR count). The fourth-order valence-electron chi connectivity index (χ4n) is 5.57. The largest absolute Gasteiger partial charge is 0.435 e. The van der Waals surface area contributed by atoms with Crippen LogP contribution in [0.5, 0.6) is 0 Å². The maximum absolute atomic E-state index is 13.9. The third-order valence-electron chi connectivity index (χ3n) is 6.89. The average Bonchev–Trinajstić information content (AvgIpc) is 3.11. The van der Waals surface area contributed by atoms with E-state index in [1.54, 1.807) is 6.07 Å². The van der Waals surface area contributed by atoms with E-state index in [1.807, 2.05) is 13.8 Å².